The van der Waals surface area contributed by atoms with Crippen molar-refractivity contribution in [3.8, 4) is 0 Å². The van der Waals surface area contributed by atoms with Crippen molar-refractivity contribution in [2.24, 2.45) is 11.8 Å². The molecule has 3 aliphatic heterocycles. The van der Waals surface area contributed by atoms with Gasteiger partial charge in [0.25, 0.3) is 0 Å². The van der Waals surface area contributed by atoms with Crippen LogP contribution in [-0.2, 0) is 20.6 Å². The minimum Gasteiger partial charge on any atom is -0.469 e. The molecule has 5 heteroatoms. The Labute approximate surface area is 146 Å². The first kappa shape index (κ1) is 14.2. The second-order valence-electron chi connectivity index (χ2n) is 9.39. The van der Waals surface area contributed by atoms with Gasteiger partial charge in [0.15, 0.2) is 5.60 Å². The van der Waals surface area contributed by atoms with Crippen LogP contribution in [0.15, 0.2) is 10.7 Å². The van der Waals surface area contributed by atoms with E-state index in [2.05, 4.69) is 20.8 Å². The highest BCUT2D eigenvalue weighted by Crippen LogP contribution is 2.80. The number of ether oxygens (including phenoxy) is 3. The fourth-order valence-electron chi connectivity index (χ4n) is 7.29. The quantitative estimate of drug-likeness (QED) is 0.790. The lowest BCUT2D eigenvalue weighted by atomic mass is 9.53. The van der Waals surface area contributed by atoms with Crippen LogP contribution in [0.2, 0.25) is 0 Å². The summed E-state index contributed by atoms with van der Waals surface area (Å²) in [5.74, 6) is 2.14. The lowest BCUT2D eigenvalue weighted by Crippen LogP contribution is -2.65. The smallest absolute Gasteiger partial charge is 0.155 e. The molecule has 0 unspecified atom stereocenters. The molecule has 134 valence electrons. The molecule has 2 spiro atoms. The molecule has 1 N–H and O–H groups in total. The molecule has 9 atom stereocenters. The highest BCUT2D eigenvalue weighted by molar-refractivity contribution is 5.49. The van der Waals surface area contributed by atoms with Gasteiger partial charge in [-0.15, -0.1) is 0 Å². The number of fused-ring (bicyclic) bond motifs is 5. The summed E-state index contributed by atoms with van der Waals surface area (Å²) in [6.07, 6.45) is 4.66. The Kier molecular flexibility index (Phi) is 2.12. The first-order valence-corrected chi connectivity index (χ1v) is 9.77. The third-order valence-electron chi connectivity index (χ3n) is 8.53. The van der Waals surface area contributed by atoms with Gasteiger partial charge in [-0.3, -0.25) is 0 Å². The first-order chi connectivity index (χ1) is 12.0. The van der Waals surface area contributed by atoms with E-state index in [1.54, 1.807) is 0 Å². The zero-order valence-electron chi connectivity index (χ0n) is 14.8. The molecule has 2 saturated carbocycles. The van der Waals surface area contributed by atoms with Gasteiger partial charge in [-0.25, -0.2) is 0 Å². The Morgan fingerprint density at radius 2 is 2.00 bits per heavy atom. The second-order valence-corrected chi connectivity index (χ2v) is 9.39. The van der Waals surface area contributed by atoms with Gasteiger partial charge in [0.2, 0.25) is 0 Å². The van der Waals surface area contributed by atoms with Crippen LogP contribution in [0.5, 0.6) is 0 Å². The average molecular weight is 344 g/mol. The van der Waals surface area contributed by atoms with Gasteiger partial charge >= 0.3 is 0 Å². The van der Waals surface area contributed by atoms with Crippen LogP contribution in [0.4, 0.5) is 0 Å². The molecule has 3 aliphatic carbocycles. The molecule has 0 aromatic carbocycles. The summed E-state index contributed by atoms with van der Waals surface area (Å²) < 4.78 is 24.7. The second kappa shape index (κ2) is 3.72. The summed E-state index contributed by atoms with van der Waals surface area (Å²) in [6, 6.07) is 0. The number of hydrogen-bond acceptors (Lipinski definition) is 5. The third-order valence-corrected chi connectivity index (χ3v) is 8.53. The predicted octanol–water partition coefficient (Wildman–Crippen LogP) is 2.08. The molecule has 0 radical (unpaired) electrons. The van der Waals surface area contributed by atoms with Crippen molar-refractivity contribution in [3.63, 3.8) is 0 Å². The van der Waals surface area contributed by atoms with Gasteiger partial charge in [-0.1, -0.05) is 13.8 Å². The van der Waals surface area contributed by atoms with Gasteiger partial charge in [0, 0.05) is 5.92 Å². The number of aliphatic hydroxyl groups excluding tert-OH is 1. The van der Waals surface area contributed by atoms with E-state index in [-0.39, 0.29) is 29.8 Å². The summed E-state index contributed by atoms with van der Waals surface area (Å²) in [5, 5.41) is 11.4. The largest absolute Gasteiger partial charge is 0.469 e. The van der Waals surface area contributed by atoms with E-state index in [0.29, 0.717) is 11.8 Å². The summed E-state index contributed by atoms with van der Waals surface area (Å²) >= 11 is 0. The zero-order chi connectivity index (χ0) is 16.9. The van der Waals surface area contributed by atoms with Crippen molar-refractivity contribution in [1.29, 1.82) is 0 Å². The average Bonchev–Trinajstić information content (AvgIpc) is 3.46. The molecule has 1 aromatic heterocycles. The number of aryl methyl sites for hydroxylation is 1. The van der Waals surface area contributed by atoms with E-state index < -0.39 is 17.3 Å². The van der Waals surface area contributed by atoms with Crippen LogP contribution in [0, 0.1) is 18.8 Å². The van der Waals surface area contributed by atoms with Crippen molar-refractivity contribution in [2.45, 2.75) is 87.2 Å². The van der Waals surface area contributed by atoms with E-state index in [9.17, 15) is 5.11 Å². The summed E-state index contributed by atoms with van der Waals surface area (Å²) in [6.45, 7) is 6.34. The van der Waals surface area contributed by atoms with Crippen LogP contribution in [0.3, 0.4) is 0 Å². The van der Waals surface area contributed by atoms with E-state index in [1.807, 2.05) is 6.26 Å². The van der Waals surface area contributed by atoms with Crippen molar-refractivity contribution in [1.82, 2.24) is 0 Å². The van der Waals surface area contributed by atoms with Gasteiger partial charge in [-0.2, -0.15) is 0 Å². The van der Waals surface area contributed by atoms with Gasteiger partial charge in [0.05, 0.1) is 12.4 Å². The maximum Gasteiger partial charge on any atom is 0.155 e. The lowest BCUT2D eigenvalue weighted by Gasteiger charge is -2.46. The molecule has 0 amide bonds. The Balaban J connectivity index is 1.36. The Morgan fingerprint density at radius 1 is 1.16 bits per heavy atom. The monoisotopic (exact) mass is 344 g/mol. The molecule has 25 heavy (non-hydrogen) atoms. The van der Waals surface area contributed by atoms with Crippen LogP contribution < -0.4 is 0 Å². The zero-order valence-corrected chi connectivity index (χ0v) is 14.8. The Morgan fingerprint density at radius 3 is 2.80 bits per heavy atom. The molecule has 5 nitrogen and oxygen atoms in total. The van der Waals surface area contributed by atoms with E-state index >= 15 is 0 Å². The highest BCUT2D eigenvalue weighted by atomic mass is 16.7. The molecule has 5 fully saturated rings. The minimum absolute atomic E-state index is 0.0317. The van der Waals surface area contributed by atoms with E-state index in [4.69, 9.17) is 18.6 Å². The number of epoxide rings is 3. The molecule has 7 rings (SSSR count). The Hall–Kier alpha value is -0.880. The first-order valence-electron chi connectivity index (χ1n) is 9.77. The highest BCUT2D eigenvalue weighted by Gasteiger charge is 2.98. The SMILES string of the molecule is Cc1occ2c1CC[C@H]1[C@H]2C[C@@H]2O[C@@]23[C@H](O)[C@@]2(C(C)C)O[C@H]2[C@@H]2O[C@@]123. The van der Waals surface area contributed by atoms with Crippen LogP contribution in [0.1, 0.15) is 49.5 Å². The number of rotatable bonds is 1. The van der Waals surface area contributed by atoms with Crippen molar-refractivity contribution >= 4 is 0 Å². The van der Waals surface area contributed by atoms with Gasteiger partial charge in [0.1, 0.15) is 35.3 Å². The lowest BCUT2D eigenvalue weighted by molar-refractivity contribution is -0.0656. The predicted molar refractivity (Wildman–Crippen MR) is 86.3 cm³/mol. The van der Waals surface area contributed by atoms with Crippen molar-refractivity contribution in [2.75, 3.05) is 0 Å². The van der Waals surface area contributed by atoms with Gasteiger partial charge in [-0.05, 0) is 49.1 Å². The maximum atomic E-state index is 11.4. The molecule has 4 heterocycles. The molecule has 6 aliphatic rings. The molecule has 3 saturated heterocycles. The molecular weight excluding hydrogens is 320 g/mol. The fourth-order valence-corrected chi connectivity index (χ4v) is 7.29. The van der Waals surface area contributed by atoms with Crippen LogP contribution in [-0.4, -0.2) is 46.3 Å². The van der Waals surface area contributed by atoms with Crippen LogP contribution in [0.25, 0.3) is 0 Å². The van der Waals surface area contributed by atoms with Crippen LogP contribution >= 0.6 is 0 Å². The molecular formula is C20H24O5. The molecule has 1 aromatic rings. The normalized spacial score (nSPS) is 59.1. The number of hydrogen-bond donors (Lipinski definition) is 1. The topological polar surface area (TPSA) is 71.0 Å². The summed E-state index contributed by atoms with van der Waals surface area (Å²) in [5.41, 5.74) is 1.40. The van der Waals surface area contributed by atoms with Crippen molar-refractivity contribution in [3.05, 3.63) is 23.2 Å². The van der Waals surface area contributed by atoms with E-state index in [1.165, 1.54) is 11.1 Å². The Bertz CT molecular complexity index is 815. The minimum atomic E-state index is -0.581. The van der Waals surface area contributed by atoms with E-state index in [0.717, 1.165) is 25.0 Å². The fraction of sp³-hybridized carbons (Fsp3) is 0.800. The third kappa shape index (κ3) is 1.19. The summed E-state index contributed by atoms with van der Waals surface area (Å²) in [7, 11) is 0. The van der Waals surface area contributed by atoms with Crippen molar-refractivity contribution < 1.29 is 23.7 Å². The maximum absolute atomic E-state index is 11.4. The number of aliphatic hydroxyl groups is 1. The van der Waals surface area contributed by atoms with Gasteiger partial charge < -0.3 is 23.7 Å². The standard InChI is InChI=1S/C20H24O5/c1-8(2)18-15(24-18)16-19(25-16)13-5-4-10-9(3)22-7-12(10)11(13)6-14-20(19,23-14)17(18)21/h7-8,11,13-17,21H,4-6H2,1-3H3/t11-,13-,14-,15-,16-,17+,18-,19-,20+/m0/s1. The number of furan rings is 1. The molecule has 0 bridgehead atoms. The summed E-state index contributed by atoms with van der Waals surface area (Å²) in [4.78, 5) is 0.